The van der Waals surface area contributed by atoms with E-state index in [1.165, 1.54) is 12.1 Å². The molecule has 0 unspecified atom stereocenters. The van der Waals surface area contributed by atoms with E-state index in [4.69, 9.17) is 0 Å². The summed E-state index contributed by atoms with van der Waals surface area (Å²) in [6, 6.07) is 14.2. The lowest BCUT2D eigenvalue weighted by atomic mass is 10.1. The molecule has 2 aromatic carbocycles. The molecule has 0 radical (unpaired) electrons. The molecule has 0 saturated carbocycles. The molecule has 1 heterocycles. The maximum absolute atomic E-state index is 12.5. The van der Waals surface area contributed by atoms with Crippen LogP contribution in [-0.4, -0.2) is 24.0 Å². The number of fused-ring (bicyclic) bond motifs is 1. The minimum atomic E-state index is -2.84. The summed E-state index contributed by atoms with van der Waals surface area (Å²) in [6.07, 6.45) is 0.583. The third kappa shape index (κ3) is 4.78. The number of aromatic nitrogens is 1. The number of amides is 1. The number of pyridine rings is 1. The number of carbonyl (C=O) groups excluding carboxylic acids is 1. The molecule has 0 fully saturated rings. The van der Waals surface area contributed by atoms with Gasteiger partial charge in [-0.3, -0.25) is 9.78 Å². The highest BCUT2D eigenvalue weighted by atomic mass is 19.3. The summed E-state index contributed by atoms with van der Waals surface area (Å²) >= 11 is 0. The van der Waals surface area contributed by atoms with Crippen LogP contribution in [0.3, 0.4) is 0 Å². The first kappa shape index (κ1) is 18.8. The monoisotopic (exact) mass is 370 g/mol. The van der Waals surface area contributed by atoms with Crippen LogP contribution < -0.4 is 10.1 Å². The number of nitrogens with zero attached hydrogens (tertiary/aromatic N) is 1. The molecule has 0 aliphatic rings. The number of alkyl halides is 2. The molecule has 0 saturated heterocycles. The predicted octanol–water partition coefficient (Wildman–Crippen LogP) is 4.43. The van der Waals surface area contributed by atoms with Gasteiger partial charge in [0.25, 0.3) is 5.91 Å². The van der Waals surface area contributed by atoms with Crippen LogP contribution >= 0.6 is 0 Å². The van der Waals surface area contributed by atoms with Crippen molar-refractivity contribution in [2.45, 2.75) is 26.9 Å². The molecule has 0 bridgehead atoms. The Hall–Kier alpha value is -3.02. The zero-order valence-corrected chi connectivity index (χ0v) is 15.1. The number of rotatable bonds is 6. The number of carbonyl (C=O) groups is 1. The number of hydrogen-bond donors (Lipinski definition) is 1. The molecular weight excluding hydrogens is 350 g/mol. The second kappa shape index (κ2) is 8.12. The van der Waals surface area contributed by atoms with Gasteiger partial charge in [-0.1, -0.05) is 23.8 Å². The molecule has 3 aromatic rings. The summed E-state index contributed by atoms with van der Waals surface area (Å²) in [6.45, 7) is 1.41. The highest BCUT2D eigenvalue weighted by Crippen LogP contribution is 2.18. The first-order chi connectivity index (χ1) is 12.9. The van der Waals surface area contributed by atoms with Crippen LogP contribution in [-0.2, 0) is 6.42 Å². The van der Waals surface area contributed by atoms with E-state index in [-0.39, 0.29) is 11.7 Å². The van der Waals surface area contributed by atoms with Gasteiger partial charge in [0.2, 0.25) is 0 Å². The maximum Gasteiger partial charge on any atom is 0.387 e. The summed E-state index contributed by atoms with van der Waals surface area (Å²) in [7, 11) is 0. The Morgan fingerprint density at radius 3 is 2.56 bits per heavy atom. The first-order valence-corrected chi connectivity index (χ1v) is 8.62. The van der Waals surface area contributed by atoms with Gasteiger partial charge in [0, 0.05) is 11.9 Å². The normalized spacial score (nSPS) is 11.0. The van der Waals surface area contributed by atoms with Crippen LogP contribution in [0, 0.1) is 13.8 Å². The van der Waals surface area contributed by atoms with E-state index in [0.29, 0.717) is 24.2 Å². The Bertz CT molecular complexity index is 956. The zero-order chi connectivity index (χ0) is 19.4. The van der Waals surface area contributed by atoms with Crippen LogP contribution in [0.5, 0.6) is 5.75 Å². The van der Waals surface area contributed by atoms with Crippen molar-refractivity contribution in [3.05, 3.63) is 70.9 Å². The average Bonchev–Trinajstić information content (AvgIpc) is 2.62. The van der Waals surface area contributed by atoms with E-state index in [2.05, 4.69) is 15.0 Å². The molecule has 4 nitrogen and oxygen atoms in total. The van der Waals surface area contributed by atoms with E-state index in [1.807, 2.05) is 38.1 Å². The number of ether oxygens (including phenoxy) is 1. The molecule has 3 rings (SSSR count). The largest absolute Gasteiger partial charge is 0.435 e. The minimum absolute atomic E-state index is 0.117. The number of hydrogen-bond acceptors (Lipinski definition) is 3. The van der Waals surface area contributed by atoms with Crippen molar-refractivity contribution in [1.82, 2.24) is 10.3 Å². The van der Waals surface area contributed by atoms with Crippen molar-refractivity contribution in [3.8, 4) is 5.75 Å². The van der Waals surface area contributed by atoms with E-state index in [9.17, 15) is 13.6 Å². The van der Waals surface area contributed by atoms with Gasteiger partial charge in [-0.05, 0) is 56.2 Å². The van der Waals surface area contributed by atoms with E-state index in [0.717, 1.165) is 22.0 Å². The quantitative estimate of drug-likeness (QED) is 0.699. The molecule has 0 spiro atoms. The highest BCUT2D eigenvalue weighted by Gasteiger charge is 2.11. The number of nitrogens with one attached hydrogen (secondary N) is 1. The Kier molecular flexibility index (Phi) is 5.64. The Morgan fingerprint density at radius 2 is 1.85 bits per heavy atom. The number of benzene rings is 2. The standard InChI is InChI=1S/C21H20F2N2O2/c1-13-3-8-19-16(11-13)12-18(14(2)25-19)20(26)24-10-9-15-4-6-17(7-5-15)27-21(22)23/h3-8,11-12,21H,9-10H2,1-2H3,(H,24,26). The fourth-order valence-corrected chi connectivity index (χ4v) is 2.88. The molecule has 0 atom stereocenters. The van der Waals surface area contributed by atoms with Gasteiger partial charge in [-0.2, -0.15) is 8.78 Å². The Morgan fingerprint density at radius 1 is 1.11 bits per heavy atom. The topological polar surface area (TPSA) is 51.2 Å². The fourth-order valence-electron chi connectivity index (χ4n) is 2.88. The Balaban J connectivity index is 1.62. The predicted molar refractivity (Wildman–Crippen MR) is 100 cm³/mol. The van der Waals surface area contributed by atoms with Crippen molar-refractivity contribution < 1.29 is 18.3 Å². The zero-order valence-electron chi connectivity index (χ0n) is 15.1. The molecule has 1 N–H and O–H groups in total. The smallest absolute Gasteiger partial charge is 0.387 e. The molecule has 1 amide bonds. The van der Waals surface area contributed by atoms with Crippen LogP contribution in [0.4, 0.5) is 8.78 Å². The third-order valence-electron chi connectivity index (χ3n) is 4.25. The van der Waals surface area contributed by atoms with Crippen LogP contribution in [0.15, 0.2) is 48.5 Å². The second-order valence-corrected chi connectivity index (χ2v) is 6.35. The third-order valence-corrected chi connectivity index (χ3v) is 4.25. The molecule has 27 heavy (non-hydrogen) atoms. The van der Waals surface area contributed by atoms with Gasteiger partial charge in [0.1, 0.15) is 5.75 Å². The minimum Gasteiger partial charge on any atom is -0.435 e. The van der Waals surface area contributed by atoms with Gasteiger partial charge in [0.05, 0.1) is 16.8 Å². The first-order valence-electron chi connectivity index (χ1n) is 8.62. The van der Waals surface area contributed by atoms with Crippen molar-refractivity contribution in [2.75, 3.05) is 6.54 Å². The van der Waals surface area contributed by atoms with Crippen molar-refractivity contribution >= 4 is 16.8 Å². The van der Waals surface area contributed by atoms with Crippen LogP contribution in [0.1, 0.15) is 27.2 Å². The van der Waals surface area contributed by atoms with Gasteiger partial charge in [-0.25, -0.2) is 0 Å². The molecule has 140 valence electrons. The van der Waals surface area contributed by atoms with E-state index in [1.54, 1.807) is 12.1 Å². The van der Waals surface area contributed by atoms with Crippen molar-refractivity contribution in [1.29, 1.82) is 0 Å². The summed E-state index contributed by atoms with van der Waals surface area (Å²) in [4.78, 5) is 17.0. The summed E-state index contributed by atoms with van der Waals surface area (Å²) < 4.78 is 28.6. The van der Waals surface area contributed by atoms with Crippen molar-refractivity contribution in [2.24, 2.45) is 0 Å². The summed E-state index contributed by atoms with van der Waals surface area (Å²) in [5.74, 6) is -0.0630. The molecule has 0 aliphatic heterocycles. The van der Waals surface area contributed by atoms with Gasteiger partial charge in [-0.15, -0.1) is 0 Å². The lowest BCUT2D eigenvalue weighted by Crippen LogP contribution is -2.26. The fraction of sp³-hybridized carbons (Fsp3) is 0.238. The summed E-state index contributed by atoms with van der Waals surface area (Å²) in [5.41, 5.74) is 4.12. The number of halogens is 2. The van der Waals surface area contributed by atoms with E-state index < -0.39 is 6.61 Å². The number of aryl methyl sites for hydroxylation is 2. The SMILES string of the molecule is Cc1ccc2nc(C)c(C(=O)NCCc3ccc(OC(F)F)cc3)cc2c1. The lowest BCUT2D eigenvalue weighted by molar-refractivity contribution is -0.0498. The van der Waals surface area contributed by atoms with Gasteiger partial charge in [0.15, 0.2) is 0 Å². The van der Waals surface area contributed by atoms with Crippen LogP contribution in [0.2, 0.25) is 0 Å². The Labute approximate surface area is 156 Å². The van der Waals surface area contributed by atoms with Gasteiger partial charge >= 0.3 is 6.61 Å². The second-order valence-electron chi connectivity index (χ2n) is 6.35. The van der Waals surface area contributed by atoms with Crippen molar-refractivity contribution in [3.63, 3.8) is 0 Å². The lowest BCUT2D eigenvalue weighted by Gasteiger charge is -2.10. The molecule has 1 aromatic heterocycles. The molecule has 0 aliphatic carbocycles. The average molecular weight is 370 g/mol. The molecule has 6 heteroatoms. The maximum atomic E-state index is 12.5. The van der Waals surface area contributed by atoms with Gasteiger partial charge < -0.3 is 10.1 Å². The molecular formula is C21H20F2N2O2. The highest BCUT2D eigenvalue weighted by molar-refractivity contribution is 5.98. The van der Waals surface area contributed by atoms with Crippen LogP contribution in [0.25, 0.3) is 10.9 Å². The summed E-state index contributed by atoms with van der Waals surface area (Å²) in [5, 5.41) is 3.82. The van der Waals surface area contributed by atoms with E-state index >= 15 is 0 Å².